The standard InChI is InChI=1S/C19H18N4O3S/c1-11(24)23-8-7-13-14(9-23)27-18-15(13)17(20-10-21-18)22-16(19(25)26)12-5-3-2-4-6-12/h2-6,10,16H,7-9H2,1H3,(H,25,26)(H,20,21,22). The molecule has 27 heavy (non-hydrogen) atoms. The molecule has 0 radical (unpaired) electrons. The van der Waals surface area contributed by atoms with E-state index in [-0.39, 0.29) is 5.91 Å². The van der Waals surface area contributed by atoms with Gasteiger partial charge in [-0.05, 0) is 17.5 Å². The maximum absolute atomic E-state index is 11.8. The van der Waals surface area contributed by atoms with E-state index in [1.165, 1.54) is 17.7 Å². The number of aromatic nitrogens is 2. The SMILES string of the molecule is CC(=O)N1CCc2c(sc3ncnc(NC(C(=O)O)c4ccccc4)c23)C1. The number of carbonyl (C=O) groups excluding carboxylic acids is 1. The van der Waals surface area contributed by atoms with Crippen LogP contribution in [0.15, 0.2) is 36.7 Å². The van der Waals surface area contributed by atoms with Crippen LogP contribution < -0.4 is 5.32 Å². The lowest BCUT2D eigenvalue weighted by Crippen LogP contribution is -2.33. The van der Waals surface area contributed by atoms with Gasteiger partial charge in [-0.15, -0.1) is 11.3 Å². The predicted molar refractivity (Wildman–Crippen MR) is 103 cm³/mol. The van der Waals surface area contributed by atoms with Gasteiger partial charge in [0, 0.05) is 18.3 Å². The Morgan fingerprint density at radius 2 is 2.04 bits per heavy atom. The number of fused-ring (bicyclic) bond motifs is 3. The molecular formula is C19H18N4O3S. The summed E-state index contributed by atoms with van der Waals surface area (Å²) in [6, 6.07) is 8.12. The Labute approximate surface area is 159 Å². The first-order chi connectivity index (χ1) is 13.0. The second-order valence-corrected chi connectivity index (χ2v) is 7.51. The van der Waals surface area contributed by atoms with Crippen LogP contribution in [0.2, 0.25) is 0 Å². The van der Waals surface area contributed by atoms with Crippen LogP contribution in [0.4, 0.5) is 5.82 Å². The molecule has 1 aliphatic heterocycles. The Balaban J connectivity index is 1.74. The summed E-state index contributed by atoms with van der Waals surface area (Å²) in [4.78, 5) is 35.9. The summed E-state index contributed by atoms with van der Waals surface area (Å²) >= 11 is 1.53. The van der Waals surface area contributed by atoms with Crippen molar-refractivity contribution >= 4 is 39.2 Å². The number of rotatable bonds is 4. The molecule has 1 aromatic carbocycles. The highest BCUT2D eigenvalue weighted by molar-refractivity contribution is 7.19. The fourth-order valence-electron chi connectivity index (χ4n) is 3.38. The van der Waals surface area contributed by atoms with Crippen molar-refractivity contribution in [3.05, 3.63) is 52.7 Å². The van der Waals surface area contributed by atoms with E-state index in [1.54, 1.807) is 19.1 Å². The van der Waals surface area contributed by atoms with Crippen molar-refractivity contribution in [2.24, 2.45) is 0 Å². The lowest BCUT2D eigenvalue weighted by atomic mass is 10.0. The van der Waals surface area contributed by atoms with Gasteiger partial charge in [0.05, 0.1) is 11.9 Å². The first kappa shape index (κ1) is 17.4. The molecule has 1 unspecified atom stereocenters. The number of benzene rings is 1. The van der Waals surface area contributed by atoms with E-state index in [2.05, 4.69) is 15.3 Å². The van der Waals surface area contributed by atoms with Crippen molar-refractivity contribution < 1.29 is 14.7 Å². The van der Waals surface area contributed by atoms with Crippen LogP contribution in [0, 0.1) is 0 Å². The largest absolute Gasteiger partial charge is 0.479 e. The summed E-state index contributed by atoms with van der Waals surface area (Å²) in [7, 11) is 0. The minimum Gasteiger partial charge on any atom is -0.479 e. The zero-order valence-electron chi connectivity index (χ0n) is 14.7. The molecule has 3 aromatic rings. The summed E-state index contributed by atoms with van der Waals surface area (Å²) in [6.07, 6.45) is 2.15. The molecule has 0 fully saturated rings. The van der Waals surface area contributed by atoms with Gasteiger partial charge in [0.1, 0.15) is 17.0 Å². The van der Waals surface area contributed by atoms with Crippen molar-refractivity contribution in [1.29, 1.82) is 0 Å². The average Bonchev–Trinajstić information content (AvgIpc) is 3.04. The summed E-state index contributed by atoms with van der Waals surface area (Å²) in [5.74, 6) is -0.401. The molecule has 0 bridgehead atoms. The number of hydrogen-bond acceptors (Lipinski definition) is 6. The summed E-state index contributed by atoms with van der Waals surface area (Å²) in [6.45, 7) is 2.78. The third-order valence-corrected chi connectivity index (χ3v) is 5.87. The van der Waals surface area contributed by atoms with Crippen LogP contribution in [-0.4, -0.2) is 38.4 Å². The summed E-state index contributed by atoms with van der Waals surface area (Å²) in [5.41, 5.74) is 1.76. The second-order valence-electron chi connectivity index (χ2n) is 6.42. The zero-order valence-corrected chi connectivity index (χ0v) is 15.5. The maximum atomic E-state index is 11.8. The van der Waals surface area contributed by atoms with E-state index in [4.69, 9.17) is 0 Å². The minimum absolute atomic E-state index is 0.0533. The molecule has 8 heteroatoms. The lowest BCUT2D eigenvalue weighted by Gasteiger charge is -2.26. The number of carbonyl (C=O) groups is 2. The van der Waals surface area contributed by atoms with Gasteiger partial charge in [0.25, 0.3) is 0 Å². The van der Waals surface area contributed by atoms with Crippen molar-refractivity contribution in [2.75, 3.05) is 11.9 Å². The number of anilines is 1. The molecule has 0 spiro atoms. The average molecular weight is 382 g/mol. The van der Waals surface area contributed by atoms with Gasteiger partial charge < -0.3 is 15.3 Å². The van der Waals surface area contributed by atoms with Crippen LogP contribution in [-0.2, 0) is 22.6 Å². The van der Waals surface area contributed by atoms with E-state index in [0.717, 1.165) is 20.7 Å². The van der Waals surface area contributed by atoms with E-state index in [1.807, 2.05) is 23.1 Å². The van der Waals surface area contributed by atoms with Crippen molar-refractivity contribution in [1.82, 2.24) is 14.9 Å². The Bertz CT molecular complexity index is 1020. The zero-order chi connectivity index (χ0) is 19.0. The molecule has 4 rings (SSSR count). The lowest BCUT2D eigenvalue weighted by molar-refractivity contribution is -0.138. The summed E-state index contributed by atoms with van der Waals surface area (Å²) < 4.78 is 0. The van der Waals surface area contributed by atoms with Crippen LogP contribution >= 0.6 is 11.3 Å². The van der Waals surface area contributed by atoms with Crippen LogP contribution in [0.5, 0.6) is 0 Å². The Morgan fingerprint density at radius 1 is 1.26 bits per heavy atom. The van der Waals surface area contributed by atoms with Crippen molar-refractivity contribution in [3.8, 4) is 0 Å². The number of nitrogens with one attached hydrogen (secondary N) is 1. The van der Waals surface area contributed by atoms with Crippen LogP contribution in [0.3, 0.4) is 0 Å². The van der Waals surface area contributed by atoms with Gasteiger partial charge in [0.15, 0.2) is 6.04 Å². The highest BCUT2D eigenvalue weighted by Crippen LogP contribution is 2.38. The van der Waals surface area contributed by atoms with Gasteiger partial charge in [-0.2, -0.15) is 0 Å². The number of carboxylic acids is 1. The molecule has 0 saturated carbocycles. The molecule has 2 N–H and O–H groups in total. The van der Waals surface area contributed by atoms with E-state index < -0.39 is 12.0 Å². The Morgan fingerprint density at radius 3 is 2.74 bits per heavy atom. The number of nitrogens with zero attached hydrogens (tertiary/aromatic N) is 3. The smallest absolute Gasteiger partial charge is 0.330 e. The number of amides is 1. The molecular weight excluding hydrogens is 364 g/mol. The Kier molecular flexibility index (Phi) is 4.49. The van der Waals surface area contributed by atoms with Crippen LogP contribution in [0.25, 0.3) is 10.2 Å². The van der Waals surface area contributed by atoms with Gasteiger partial charge in [-0.1, -0.05) is 30.3 Å². The monoisotopic (exact) mass is 382 g/mol. The number of hydrogen-bond donors (Lipinski definition) is 2. The molecule has 0 saturated heterocycles. The number of aliphatic carboxylic acids is 1. The minimum atomic E-state index is -0.972. The van der Waals surface area contributed by atoms with Crippen molar-refractivity contribution in [3.63, 3.8) is 0 Å². The van der Waals surface area contributed by atoms with Gasteiger partial charge >= 0.3 is 5.97 Å². The first-order valence-electron chi connectivity index (χ1n) is 8.59. The van der Waals surface area contributed by atoms with Gasteiger partial charge in [-0.3, -0.25) is 4.79 Å². The quantitative estimate of drug-likeness (QED) is 0.720. The second kappa shape index (κ2) is 6.96. The maximum Gasteiger partial charge on any atom is 0.330 e. The molecule has 3 heterocycles. The van der Waals surface area contributed by atoms with E-state index >= 15 is 0 Å². The molecule has 1 atom stereocenters. The third-order valence-electron chi connectivity index (χ3n) is 4.74. The predicted octanol–water partition coefficient (Wildman–Crippen LogP) is 2.83. The van der Waals surface area contributed by atoms with Gasteiger partial charge in [0.2, 0.25) is 5.91 Å². The molecule has 2 aromatic heterocycles. The third kappa shape index (κ3) is 3.23. The molecule has 0 aliphatic carbocycles. The van der Waals surface area contributed by atoms with Crippen LogP contribution in [0.1, 0.15) is 29.0 Å². The number of thiophene rings is 1. The van der Waals surface area contributed by atoms with E-state index in [9.17, 15) is 14.7 Å². The topological polar surface area (TPSA) is 95.4 Å². The highest BCUT2D eigenvalue weighted by atomic mass is 32.1. The molecule has 7 nitrogen and oxygen atoms in total. The van der Waals surface area contributed by atoms with Gasteiger partial charge in [-0.25, -0.2) is 14.8 Å². The normalized spacial score (nSPS) is 14.6. The molecule has 1 amide bonds. The Hall–Kier alpha value is -3.00. The summed E-state index contributed by atoms with van der Waals surface area (Å²) in [5, 5.41) is 13.6. The molecule has 1 aliphatic rings. The molecule has 138 valence electrons. The fraction of sp³-hybridized carbons (Fsp3) is 0.263. The fourth-order valence-corrected chi connectivity index (χ4v) is 4.58. The van der Waals surface area contributed by atoms with E-state index in [0.29, 0.717) is 30.9 Å². The van der Waals surface area contributed by atoms with Crippen molar-refractivity contribution in [2.45, 2.75) is 25.9 Å². The first-order valence-corrected chi connectivity index (χ1v) is 9.41. The highest BCUT2D eigenvalue weighted by Gasteiger charge is 2.27. The number of carboxylic acid groups (broad SMARTS) is 1.